The molecule has 0 unspecified atom stereocenters. The van der Waals surface area contributed by atoms with Gasteiger partial charge in [0.1, 0.15) is 11.6 Å². The summed E-state index contributed by atoms with van der Waals surface area (Å²) in [5.41, 5.74) is 0.866. The molecule has 1 aromatic carbocycles. The Morgan fingerprint density at radius 1 is 1.35 bits per heavy atom. The number of hydrogen-bond donors (Lipinski definition) is 1. The fourth-order valence-electron chi connectivity index (χ4n) is 3.13. The number of unbranched alkanes of at least 4 members (excludes halogenated alkanes) is 1. The summed E-state index contributed by atoms with van der Waals surface area (Å²) in [5, 5.41) is 3.01. The van der Waals surface area contributed by atoms with E-state index in [2.05, 4.69) is 16.9 Å². The van der Waals surface area contributed by atoms with Gasteiger partial charge >= 0.3 is 0 Å². The monoisotopic (exact) mass is 557 g/mol. The quantitative estimate of drug-likeness (QED) is 0.253. The summed E-state index contributed by atoms with van der Waals surface area (Å²) in [6.07, 6.45) is 4.07. The Morgan fingerprint density at radius 3 is 2.61 bits per heavy atom. The van der Waals surface area contributed by atoms with Crippen LogP contribution in [-0.2, 0) is 10.0 Å². The average molecular weight is 557 g/mol. The Kier molecular flexibility index (Phi) is 6.99. The number of pyridine rings is 1. The fourth-order valence-corrected chi connectivity index (χ4v) is 4.93. The number of hydrogen-bond acceptors (Lipinski definition) is 5. The average Bonchev–Trinajstić information content (AvgIpc) is 3.08. The van der Waals surface area contributed by atoms with Gasteiger partial charge in [0.25, 0.3) is 5.91 Å². The van der Waals surface area contributed by atoms with Gasteiger partial charge in [-0.1, -0.05) is 6.08 Å². The van der Waals surface area contributed by atoms with Crippen LogP contribution in [0.4, 0.5) is 10.2 Å². The first-order chi connectivity index (χ1) is 14.7. The van der Waals surface area contributed by atoms with E-state index >= 15 is 0 Å². The number of furan rings is 1. The van der Waals surface area contributed by atoms with Crippen LogP contribution in [-0.4, -0.2) is 39.2 Å². The number of sulfonamides is 1. The maximum atomic E-state index is 13.4. The highest BCUT2D eigenvalue weighted by Crippen LogP contribution is 2.36. The minimum Gasteiger partial charge on any atom is -0.437 e. The molecule has 0 aliphatic heterocycles. The normalized spacial score (nSPS) is 11.5. The van der Waals surface area contributed by atoms with E-state index in [1.807, 2.05) is 22.6 Å². The Labute approximate surface area is 193 Å². The van der Waals surface area contributed by atoms with Crippen molar-refractivity contribution < 1.29 is 22.0 Å². The lowest BCUT2D eigenvalue weighted by atomic mass is 10.1. The first-order valence-corrected chi connectivity index (χ1v) is 12.3. The molecule has 0 aliphatic rings. The molecule has 31 heavy (non-hydrogen) atoms. The zero-order chi connectivity index (χ0) is 22.8. The van der Waals surface area contributed by atoms with Crippen molar-refractivity contribution in [1.29, 1.82) is 0 Å². The molecule has 2 aromatic heterocycles. The Bertz CT molecular complexity index is 1240. The molecule has 1 amide bonds. The van der Waals surface area contributed by atoms with Crippen LogP contribution in [0.3, 0.4) is 0 Å². The number of allylic oxidation sites excluding steroid dienone is 1. The van der Waals surface area contributed by atoms with Crippen molar-refractivity contribution in [2.75, 3.05) is 24.2 Å². The van der Waals surface area contributed by atoms with Crippen LogP contribution in [0.2, 0.25) is 0 Å². The number of fused-ring (bicyclic) bond motifs is 1. The third-order valence-corrected chi connectivity index (χ3v) is 6.53. The minimum absolute atomic E-state index is 0.116. The van der Waals surface area contributed by atoms with E-state index in [0.717, 1.165) is 6.26 Å². The van der Waals surface area contributed by atoms with E-state index in [-0.39, 0.29) is 29.4 Å². The molecular formula is C21H21FIN3O4S. The molecule has 3 aromatic rings. The standard InChI is InChI=1S/C21H21FIN3O4S/c1-4-5-6-11-26(31(3,28)29)19-16(23)12-15-17(20(27)24-2)18(30-21(15)25-19)13-7-9-14(22)10-8-13/h4,7-10,12H,1,5-6,11H2,2-3H3,(H,24,27). The van der Waals surface area contributed by atoms with Gasteiger partial charge in [-0.25, -0.2) is 12.8 Å². The molecular weight excluding hydrogens is 536 g/mol. The summed E-state index contributed by atoms with van der Waals surface area (Å²) in [7, 11) is -2.11. The van der Waals surface area contributed by atoms with Crippen molar-refractivity contribution in [1.82, 2.24) is 10.3 Å². The lowest BCUT2D eigenvalue weighted by Crippen LogP contribution is -2.32. The van der Waals surface area contributed by atoms with Crippen molar-refractivity contribution in [3.05, 3.63) is 57.9 Å². The van der Waals surface area contributed by atoms with Crippen LogP contribution in [0, 0.1) is 9.39 Å². The summed E-state index contributed by atoms with van der Waals surface area (Å²) in [5.74, 6) is -0.358. The number of rotatable bonds is 8. The zero-order valence-electron chi connectivity index (χ0n) is 17.0. The van der Waals surface area contributed by atoms with Crippen LogP contribution in [0.1, 0.15) is 23.2 Å². The molecule has 7 nitrogen and oxygen atoms in total. The number of carbonyl (C=O) groups excluding carboxylic acids is 1. The number of benzene rings is 1. The molecule has 0 aliphatic carbocycles. The largest absolute Gasteiger partial charge is 0.437 e. The molecule has 164 valence electrons. The van der Waals surface area contributed by atoms with Crippen LogP contribution in [0.5, 0.6) is 0 Å². The summed E-state index contributed by atoms with van der Waals surface area (Å²) >= 11 is 1.99. The molecule has 3 rings (SSSR count). The van der Waals surface area contributed by atoms with E-state index in [0.29, 0.717) is 27.4 Å². The van der Waals surface area contributed by atoms with Gasteiger partial charge in [0.2, 0.25) is 15.7 Å². The molecule has 2 heterocycles. The third kappa shape index (κ3) is 4.90. The van der Waals surface area contributed by atoms with Gasteiger partial charge in [0, 0.05) is 19.2 Å². The molecule has 0 saturated carbocycles. The molecule has 0 radical (unpaired) electrons. The minimum atomic E-state index is -3.60. The van der Waals surface area contributed by atoms with E-state index in [1.165, 1.54) is 35.6 Å². The molecule has 10 heteroatoms. The second kappa shape index (κ2) is 9.35. The topological polar surface area (TPSA) is 92.5 Å². The van der Waals surface area contributed by atoms with Crippen molar-refractivity contribution in [3.63, 3.8) is 0 Å². The summed E-state index contributed by atoms with van der Waals surface area (Å²) in [4.78, 5) is 17.1. The molecule has 0 saturated heterocycles. The van der Waals surface area contributed by atoms with Gasteiger partial charge in [-0.2, -0.15) is 4.98 Å². The number of halogens is 2. The Hall–Kier alpha value is -2.47. The predicted octanol–water partition coefficient (Wildman–Crippen LogP) is 4.33. The number of anilines is 1. The van der Waals surface area contributed by atoms with Crippen molar-refractivity contribution >= 4 is 55.4 Å². The van der Waals surface area contributed by atoms with Gasteiger partial charge in [-0.05, 0) is 65.8 Å². The maximum Gasteiger partial charge on any atom is 0.255 e. The molecule has 0 bridgehead atoms. The maximum absolute atomic E-state index is 13.4. The molecule has 1 N–H and O–H groups in total. The van der Waals surface area contributed by atoms with Gasteiger partial charge in [0.15, 0.2) is 5.82 Å². The highest BCUT2D eigenvalue weighted by molar-refractivity contribution is 14.1. The predicted molar refractivity (Wildman–Crippen MR) is 127 cm³/mol. The van der Waals surface area contributed by atoms with Crippen LogP contribution in [0.15, 0.2) is 47.4 Å². The summed E-state index contributed by atoms with van der Waals surface area (Å²) in [6, 6.07) is 7.21. The van der Waals surface area contributed by atoms with Crippen LogP contribution in [0.25, 0.3) is 22.4 Å². The van der Waals surface area contributed by atoms with E-state index in [1.54, 1.807) is 12.1 Å². The van der Waals surface area contributed by atoms with Crippen LogP contribution < -0.4 is 9.62 Å². The summed E-state index contributed by atoms with van der Waals surface area (Å²) < 4.78 is 45.9. The lowest BCUT2D eigenvalue weighted by Gasteiger charge is -2.22. The van der Waals surface area contributed by atoms with Gasteiger partial charge in [-0.3, -0.25) is 9.10 Å². The second-order valence-corrected chi connectivity index (χ2v) is 9.87. The van der Waals surface area contributed by atoms with Gasteiger partial charge in [0.05, 0.1) is 20.8 Å². The number of nitrogens with zero attached hydrogens (tertiary/aromatic N) is 2. The van der Waals surface area contributed by atoms with Crippen molar-refractivity contribution in [2.45, 2.75) is 12.8 Å². The van der Waals surface area contributed by atoms with Gasteiger partial charge in [-0.15, -0.1) is 6.58 Å². The first-order valence-electron chi connectivity index (χ1n) is 9.37. The fraction of sp³-hybridized carbons (Fsp3) is 0.238. The summed E-state index contributed by atoms with van der Waals surface area (Å²) in [6.45, 7) is 3.89. The highest BCUT2D eigenvalue weighted by atomic mass is 127. The Morgan fingerprint density at radius 2 is 2.03 bits per heavy atom. The number of nitrogens with one attached hydrogen (secondary N) is 1. The van der Waals surface area contributed by atoms with Crippen molar-refractivity contribution in [2.24, 2.45) is 0 Å². The first kappa shape index (κ1) is 23.2. The van der Waals surface area contributed by atoms with E-state index in [4.69, 9.17) is 4.42 Å². The van der Waals surface area contributed by atoms with E-state index < -0.39 is 21.7 Å². The van der Waals surface area contributed by atoms with Gasteiger partial charge < -0.3 is 9.73 Å². The number of carbonyl (C=O) groups is 1. The Balaban J connectivity index is 2.22. The second-order valence-electron chi connectivity index (χ2n) is 6.80. The molecule has 0 spiro atoms. The number of amides is 1. The zero-order valence-corrected chi connectivity index (χ0v) is 20.0. The number of aromatic nitrogens is 1. The third-order valence-electron chi connectivity index (χ3n) is 4.58. The smallest absolute Gasteiger partial charge is 0.255 e. The molecule has 0 atom stereocenters. The molecule has 0 fully saturated rings. The highest BCUT2D eigenvalue weighted by Gasteiger charge is 2.27. The van der Waals surface area contributed by atoms with Crippen molar-refractivity contribution in [3.8, 4) is 11.3 Å². The van der Waals surface area contributed by atoms with Crippen LogP contribution >= 0.6 is 22.6 Å². The van der Waals surface area contributed by atoms with E-state index in [9.17, 15) is 17.6 Å². The SMILES string of the molecule is C=CCCCN(c1nc2oc(-c3ccc(F)cc3)c(C(=O)NC)c2cc1I)S(C)(=O)=O. The lowest BCUT2D eigenvalue weighted by molar-refractivity contribution is 0.0964.